The zero-order valence-corrected chi connectivity index (χ0v) is 11.5. The smallest absolute Gasteiger partial charge is 0.134 e. The molecule has 0 saturated heterocycles. The molecule has 0 radical (unpaired) electrons. The first-order chi connectivity index (χ1) is 8.35. The van der Waals surface area contributed by atoms with Gasteiger partial charge in [0, 0.05) is 5.39 Å². The van der Waals surface area contributed by atoms with Crippen LogP contribution in [-0.2, 0) is 0 Å². The van der Waals surface area contributed by atoms with Gasteiger partial charge < -0.3 is 10.2 Å². The highest BCUT2D eigenvalue weighted by molar-refractivity contribution is 5.77. The number of para-hydroxylation sites is 1. The average molecular weight is 243 g/mol. The van der Waals surface area contributed by atoms with Crippen molar-refractivity contribution < 1.29 is 4.42 Å². The van der Waals surface area contributed by atoms with Gasteiger partial charge >= 0.3 is 0 Å². The molecule has 1 unspecified atom stereocenters. The van der Waals surface area contributed by atoms with Gasteiger partial charge in [-0.15, -0.1) is 0 Å². The van der Waals surface area contributed by atoms with Gasteiger partial charge in [-0.05, 0) is 28.9 Å². The minimum Gasteiger partial charge on any atom is -0.459 e. The number of hydrogen-bond donors (Lipinski definition) is 1. The molecule has 0 amide bonds. The molecule has 2 nitrogen and oxygen atoms in total. The van der Waals surface area contributed by atoms with Crippen LogP contribution in [-0.4, -0.2) is 0 Å². The Labute approximate surface area is 108 Å². The Morgan fingerprint density at radius 3 is 2.28 bits per heavy atom. The molecule has 1 saturated carbocycles. The molecule has 0 spiro atoms. The van der Waals surface area contributed by atoms with Crippen LogP contribution in [0.1, 0.15) is 39.5 Å². The quantitative estimate of drug-likeness (QED) is 0.862. The Bertz CT molecular complexity index is 547. The largest absolute Gasteiger partial charge is 0.459 e. The molecule has 1 fully saturated rings. The van der Waals surface area contributed by atoms with Crippen LogP contribution in [0, 0.1) is 16.7 Å². The number of fused-ring (bicyclic) bond motifs is 1. The maximum absolute atomic E-state index is 6.42. The first-order valence-electron chi connectivity index (χ1n) is 6.60. The minimum absolute atomic E-state index is 0.0117. The topological polar surface area (TPSA) is 39.2 Å². The third-order valence-corrected chi connectivity index (χ3v) is 5.26. The van der Waals surface area contributed by atoms with Gasteiger partial charge in [0.05, 0.1) is 6.04 Å². The van der Waals surface area contributed by atoms with E-state index in [1.807, 2.05) is 18.2 Å². The summed E-state index contributed by atoms with van der Waals surface area (Å²) in [6.45, 7) is 9.17. The summed E-state index contributed by atoms with van der Waals surface area (Å²) in [4.78, 5) is 0. The Balaban J connectivity index is 1.96. The van der Waals surface area contributed by atoms with Crippen LogP contribution in [0.25, 0.3) is 11.0 Å². The summed E-state index contributed by atoms with van der Waals surface area (Å²) in [5.74, 6) is 1.39. The summed E-state index contributed by atoms with van der Waals surface area (Å²) in [6, 6.07) is 10.2. The lowest BCUT2D eigenvalue weighted by atomic mass is 10.0. The minimum atomic E-state index is -0.0117. The van der Waals surface area contributed by atoms with E-state index >= 15 is 0 Å². The van der Waals surface area contributed by atoms with Gasteiger partial charge in [-0.1, -0.05) is 45.9 Å². The van der Waals surface area contributed by atoms with Crippen LogP contribution < -0.4 is 5.73 Å². The van der Waals surface area contributed by atoms with Crippen molar-refractivity contribution in [1.82, 2.24) is 0 Å². The normalized spacial score (nSPS) is 23.2. The van der Waals surface area contributed by atoms with Crippen LogP contribution >= 0.6 is 0 Å². The predicted octanol–water partition coefficient (Wildman–Crippen LogP) is 4.11. The number of hydrogen-bond acceptors (Lipinski definition) is 2. The number of furan rings is 1. The monoisotopic (exact) mass is 243 g/mol. The summed E-state index contributed by atoms with van der Waals surface area (Å²) < 4.78 is 5.89. The van der Waals surface area contributed by atoms with Crippen LogP contribution in [0.5, 0.6) is 0 Å². The lowest BCUT2D eigenvalue weighted by Gasteiger charge is -2.10. The predicted molar refractivity (Wildman–Crippen MR) is 74.2 cm³/mol. The summed E-state index contributed by atoms with van der Waals surface area (Å²) >= 11 is 0. The first-order valence-corrected chi connectivity index (χ1v) is 6.60. The van der Waals surface area contributed by atoms with Crippen molar-refractivity contribution in [2.24, 2.45) is 22.5 Å². The number of nitrogens with two attached hydrogens (primary N) is 1. The standard InChI is InChI=1S/C16H21NO/c1-15(2)14(16(15,3)4)13(17)12-9-10-7-5-6-8-11(10)18-12/h5-9,13-14H,17H2,1-4H3. The van der Waals surface area contributed by atoms with E-state index in [4.69, 9.17) is 10.2 Å². The second-order valence-electron chi connectivity index (χ2n) is 6.63. The van der Waals surface area contributed by atoms with Gasteiger partial charge in [0.25, 0.3) is 0 Å². The molecule has 1 heterocycles. The average Bonchev–Trinajstić information content (AvgIpc) is 2.67. The summed E-state index contributed by atoms with van der Waals surface area (Å²) in [5, 5.41) is 1.14. The van der Waals surface area contributed by atoms with Gasteiger partial charge in [0.2, 0.25) is 0 Å². The fraction of sp³-hybridized carbons (Fsp3) is 0.500. The second kappa shape index (κ2) is 3.39. The van der Waals surface area contributed by atoms with E-state index in [0.29, 0.717) is 5.92 Å². The van der Waals surface area contributed by atoms with Gasteiger partial charge in [-0.25, -0.2) is 0 Å². The highest BCUT2D eigenvalue weighted by Crippen LogP contribution is 2.71. The van der Waals surface area contributed by atoms with E-state index in [2.05, 4.69) is 39.8 Å². The second-order valence-corrected chi connectivity index (χ2v) is 6.63. The maximum atomic E-state index is 6.42. The summed E-state index contributed by atoms with van der Waals surface area (Å²) in [6.07, 6.45) is 0. The van der Waals surface area contributed by atoms with Crippen molar-refractivity contribution in [3.05, 3.63) is 36.1 Å². The van der Waals surface area contributed by atoms with E-state index < -0.39 is 0 Å². The van der Waals surface area contributed by atoms with Crippen molar-refractivity contribution in [2.75, 3.05) is 0 Å². The SMILES string of the molecule is CC1(C)C(C(N)c2cc3ccccc3o2)C1(C)C. The van der Waals surface area contributed by atoms with Crippen molar-refractivity contribution in [2.45, 2.75) is 33.7 Å². The molecule has 1 aliphatic rings. The van der Waals surface area contributed by atoms with E-state index in [-0.39, 0.29) is 16.9 Å². The maximum Gasteiger partial charge on any atom is 0.134 e. The Kier molecular flexibility index (Phi) is 2.22. The van der Waals surface area contributed by atoms with Crippen molar-refractivity contribution in [3.63, 3.8) is 0 Å². The van der Waals surface area contributed by atoms with E-state index in [9.17, 15) is 0 Å². The Morgan fingerprint density at radius 1 is 1.11 bits per heavy atom. The molecule has 18 heavy (non-hydrogen) atoms. The molecular formula is C16H21NO. The molecule has 1 aromatic heterocycles. The van der Waals surface area contributed by atoms with Crippen LogP contribution in [0.2, 0.25) is 0 Å². The fourth-order valence-electron chi connectivity index (χ4n) is 3.48. The van der Waals surface area contributed by atoms with E-state index in [1.165, 1.54) is 0 Å². The fourth-order valence-corrected chi connectivity index (χ4v) is 3.48. The van der Waals surface area contributed by atoms with Gasteiger partial charge in [-0.3, -0.25) is 0 Å². The lowest BCUT2D eigenvalue weighted by molar-refractivity contribution is 0.416. The summed E-state index contributed by atoms with van der Waals surface area (Å²) in [5.41, 5.74) is 7.92. The molecule has 3 rings (SSSR count). The molecule has 2 aromatic rings. The summed E-state index contributed by atoms with van der Waals surface area (Å²) in [7, 11) is 0. The van der Waals surface area contributed by atoms with Gasteiger partial charge in [-0.2, -0.15) is 0 Å². The van der Waals surface area contributed by atoms with Gasteiger partial charge in [0.15, 0.2) is 0 Å². The lowest BCUT2D eigenvalue weighted by Crippen LogP contribution is -2.15. The molecule has 1 atom stereocenters. The van der Waals surface area contributed by atoms with Crippen LogP contribution in [0.3, 0.4) is 0 Å². The van der Waals surface area contributed by atoms with Crippen molar-refractivity contribution in [1.29, 1.82) is 0 Å². The molecular weight excluding hydrogens is 222 g/mol. The zero-order valence-electron chi connectivity index (χ0n) is 11.5. The third kappa shape index (κ3) is 1.39. The van der Waals surface area contributed by atoms with Crippen LogP contribution in [0.15, 0.2) is 34.7 Å². The van der Waals surface area contributed by atoms with Crippen molar-refractivity contribution >= 4 is 11.0 Å². The zero-order chi connectivity index (χ0) is 13.1. The third-order valence-electron chi connectivity index (χ3n) is 5.26. The number of rotatable bonds is 2. The van der Waals surface area contributed by atoms with E-state index in [0.717, 1.165) is 16.7 Å². The first kappa shape index (κ1) is 11.8. The molecule has 0 aliphatic heterocycles. The van der Waals surface area contributed by atoms with Crippen molar-refractivity contribution in [3.8, 4) is 0 Å². The highest BCUT2D eigenvalue weighted by Gasteiger charge is 2.67. The number of benzene rings is 1. The molecule has 96 valence electrons. The highest BCUT2D eigenvalue weighted by atomic mass is 16.3. The Hall–Kier alpha value is -1.28. The molecule has 1 aliphatic carbocycles. The van der Waals surface area contributed by atoms with Crippen LogP contribution in [0.4, 0.5) is 0 Å². The van der Waals surface area contributed by atoms with E-state index in [1.54, 1.807) is 0 Å². The molecule has 2 N–H and O–H groups in total. The van der Waals surface area contributed by atoms with Gasteiger partial charge in [0.1, 0.15) is 11.3 Å². The molecule has 2 heteroatoms. The Morgan fingerprint density at radius 2 is 1.72 bits per heavy atom. The molecule has 0 bridgehead atoms. The molecule has 1 aromatic carbocycles.